The van der Waals surface area contributed by atoms with Crippen LogP contribution >= 0.6 is 0 Å². The maximum atomic E-state index is 11.4. The SMILES string of the molecule is Cn1ccc(CNC2CCCC2)cc1=O. The van der Waals surface area contributed by atoms with Gasteiger partial charge in [0.05, 0.1) is 0 Å². The molecule has 1 heterocycles. The van der Waals surface area contributed by atoms with Gasteiger partial charge in [0.2, 0.25) is 0 Å². The first-order valence-electron chi connectivity index (χ1n) is 5.64. The highest BCUT2D eigenvalue weighted by Crippen LogP contribution is 2.17. The van der Waals surface area contributed by atoms with E-state index in [9.17, 15) is 4.79 Å². The number of hydrogen-bond donors (Lipinski definition) is 1. The van der Waals surface area contributed by atoms with E-state index in [1.807, 2.05) is 12.3 Å². The van der Waals surface area contributed by atoms with Crippen LogP contribution in [0.2, 0.25) is 0 Å². The fourth-order valence-electron chi connectivity index (χ4n) is 2.09. The molecule has 0 unspecified atom stereocenters. The van der Waals surface area contributed by atoms with Crippen LogP contribution in [-0.2, 0) is 13.6 Å². The van der Waals surface area contributed by atoms with Gasteiger partial charge < -0.3 is 9.88 Å². The van der Waals surface area contributed by atoms with Crippen molar-refractivity contribution in [2.75, 3.05) is 0 Å². The van der Waals surface area contributed by atoms with Crippen LogP contribution in [0.15, 0.2) is 23.1 Å². The van der Waals surface area contributed by atoms with E-state index in [4.69, 9.17) is 0 Å². The molecule has 0 aliphatic heterocycles. The van der Waals surface area contributed by atoms with Crippen LogP contribution in [0.1, 0.15) is 31.2 Å². The quantitative estimate of drug-likeness (QED) is 0.811. The molecule has 0 aromatic carbocycles. The molecule has 3 heteroatoms. The van der Waals surface area contributed by atoms with Crippen molar-refractivity contribution in [1.82, 2.24) is 9.88 Å². The fraction of sp³-hybridized carbons (Fsp3) is 0.583. The summed E-state index contributed by atoms with van der Waals surface area (Å²) in [6, 6.07) is 4.37. The third-order valence-electron chi connectivity index (χ3n) is 3.12. The Bertz CT molecular complexity index is 377. The minimum Gasteiger partial charge on any atom is -0.319 e. The van der Waals surface area contributed by atoms with E-state index < -0.39 is 0 Å². The second-order valence-corrected chi connectivity index (χ2v) is 4.35. The molecule has 0 spiro atoms. The van der Waals surface area contributed by atoms with Gasteiger partial charge >= 0.3 is 0 Å². The summed E-state index contributed by atoms with van der Waals surface area (Å²) in [7, 11) is 1.77. The molecule has 2 rings (SSSR count). The third kappa shape index (κ3) is 2.69. The minimum atomic E-state index is 0.0701. The van der Waals surface area contributed by atoms with E-state index in [0.717, 1.165) is 12.1 Å². The van der Waals surface area contributed by atoms with Gasteiger partial charge in [-0.1, -0.05) is 12.8 Å². The summed E-state index contributed by atoms with van der Waals surface area (Å²) in [5, 5.41) is 3.50. The highest BCUT2D eigenvalue weighted by atomic mass is 16.1. The van der Waals surface area contributed by atoms with Gasteiger partial charge in [-0.05, 0) is 24.5 Å². The van der Waals surface area contributed by atoms with E-state index in [0.29, 0.717) is 6.04 Å². The first kappa shape index (κ1) is 10.4. The second-order valence-electron chi connectivity index (χ2n) is 4.35. The van der Waals surface area contributed by atoms with Crippen LogP contribution in [-0.4, -0.2) is 10.6 Å². The number of nitrogens with zero attached hydrogens (tertiary/aromatic N) is 1. The van der Waals surface area contributed by atoms with E-state index in [1.165, 1.54) is 25.7 Å². The summed E-state index contributed by atoms with van der Waals surface area (Å²) in [4.78, 5) is 11.4. The molecule has 0 bridgehead atoms. The average molecular weight is 206 g/mol. The number of hydrogen-bond acceptors (Lipinski definition) is 2. The summed E-state index contributed by atoms with van der Waals surface area (Å²) in [5.74, 6) is 0. The van der Waals surface area contributed by atoms with Gasteiger partial charge in [0.1, 0.15) is 0 Å². The van der Waals surface area contributed by atoms with Gasteiger partial charge in [-0.3, -0.25) is 4.79 Å². The van der Waals surface area contributed by atoms with Crippen LogP contribution < -0.4 is 10.9 Å². The topological polar surface area (TPSA) is 34.0 Å². The molecule has 1 aliphatic rings. The summed E-state index contributed by atoms with van der Waals surface area (Å²) < 4.78 is 1.60. The van der Waals surface area contributed by atoms with Crippen molar-refractivity contribution in [2.24, 2.45) is 7.05 Å². The maximum absolute atomic E-state index is 11.4. The summed E-state index contributed by atoms with van der Waals surface area (Å²) in [5.41, 5.74) is 1.16. The Kier molecular flexibility index (Phi) is 3.21. The lowest BCUT2D eigenvalue weighted by Crippen LogP contribution is -2.26. The molecular formula is C12H18N2O. The molecule has 82 valence electrons. The third-order valence-corrected chi connectivity index (χ3v) is 3.12. The molecule has 1 N–H and O–H groups in total. The summed E-state index contributed by atoms with van der Waals surface area (Å²) >= 11 is 0. The molecule has 1 aromatic rings. The smallest absolute Gasteiger partial charge is 0.250 e. The van der Waals surface area contributed by atoms with Gasteiger partial charge in [0.15, 0.2) is 0 Å². The van der Waals surface area contributed by atoms with Crippen molar-refractivity contribution >= 4 is 0 Å². The molecule has 0 saturated heterocycles. The Hall–Kier alpha value is -1.09. The van der Waals surface area contributed by atoms with Gasteiger partial charge in [-0.25, -0.2) is 0 Å². The van der Waals surface area contributed by atoms with Crippen molar-refractivity contribution < 1.29 is 0 Å². The first-order valence-corrected chi connectivity index (χ1v) is 5.64. The van der Waals surface area contributed by atoms with E-state index >= 15 is 0 Å². The Morgan fingerprint density at radius 3 is 2.87 bits per heavy atom. The molecule has 1 aliphatic carbocycles. The zero-order valence-corrected chi connectivity index (χ0v) is 9.20. The average Bonchev–Trinajstić information content (AvgIpc) is 2.73. The Morgan fingerprint density at radius 2 is 2.20 bits per heavy atom. The number of aromatic nitrogens is 1. The van der Waals surface area contributed by atoms with Gasteiger partial charge in [-0.15, -0.1) is 0 Å². The number of aryl methyl sites for hydroxylation is 1. The van der Waals surface area contributed by atoms with Crippen LogP contribution in [0.4, 0.5) is 0 Å². The van der Waals surface area contributed by atoms with Gasteiger partial charge in [0.25, 0.3) is 5.56 Å². The normalized spacial score (nSPS) is 17.1. The fourth-order valence-corrected chi connectivity index (χ4v) is 2.09. The van der Waals surface area contributed by atoms with E-state index in [-0.39, 0.29) is 5.56 Å². The van der Waals surface area contributed by atoms with Crippen LogP contribution in [0.5, 0.6) is 0 Å². The highest BCUT2D eigenvalue weighted by molar-refractivity contribution is 5.10. The molecule has 15 heavy (non-hydrogen) atoms. The van der Waals surface area contributed by atoms with Crippen molar-refractivity contribution in [2.45, 2.75) is 38.3 Å². The van der Waals surface area contributed by atoms with Crippen LogP contribution in [0.3, 0.4) is 0 Å². The number of pyridine rings is 1. The molecule has 0 radical (unpaired) electrons. The Balaban J connectivity index is 1.93. The lowest BCUT2D eigenvalue weighted by Gasteiger charge is -2.11. The van der Waals surface area contributed by atoms with E-state index in [1.54, 1.807) is 17.7 Å². The highest BCUT2D eigenvalue weighted by Gasteiger charge is 2.13. The largest absolute Gasteiger partial charge is 0.319 e. The predicted molar refractivity (Wildman–Crippen MR) is 60.8 cm³/mol. The lowest BCUT2D eigenvalue weighted by atomic mass is 10.2. The molecule has 1 fully saturated rings. The summed E-state index contributed by atoms with van der Waals surface area (Å²) in [6.07, 6.45) is 7.08. The molecule has 0 atom stereocenters. The monoisotopic (exact) mass is 206 g/mol. The Labute approximate surface area is 90.1 Å². The lowest BCUT2D eigenvalue weighted by molar-refractivity contribution is 0.523. The van der Waals surface area contributed by atoms with Crippen molar-refractivity contribution in [3.8, 4) is 0 Å². The van der Waals surface area contributed by atoms with Gasteiger partial charge in [-0.2, -0.15) is 0 Å². The maximum Gasteiger partial charge on any atom is 0.250 e. The van der Waals surface area contributed by atoms with Crippen molar-refractivity contribution in [3.05, 3.63) is 34.2 Å². The van der Waals surface area contributed by atoms with Gasteiger partial charge in [0, 0.05) is 31.9 Å². The molecule has 3 nitrogen and oxygen atoms in total. The Morgan fingerprint density at radius 1 is 1.47 bits per heavy atom. The van der Waals surface area contributed by atoms with Crippen LogP contribution in [0.25, 0.3) is 0 Å². The molecule has 1 aromatic heterocycles. The molecule has 1 saturated carbocycles. The zero-order valence-electron chi connectivity index (χ0n) is 9.20. The minimum absolute atomic E-state index is 0.0701. The van der Waals surface area contributed by atoms with Crippen molar-refractivity contribution in [1.29, 1.82) is 0 Å². The predicted octanol–water partition coefficient (Wildman–Crippen LogP) is 1.42. The second kappa shape index (κ2) is 4.62. The van der Waals surface area contributed by atoms with Crippen molar-refractivity contribution in [3.63, 3.8) is 0 Å². The first-order chi connectivity index (χ1) is 7.25. The number of rotatable bonds is 3. The standard InChI is InChI=1S/C12H18N2O/c1-14-7-6-10(8-12(14)15)9-13-11-4-2-3-5-11/h6-8,11,13H,2-5,9H2,1H3. The van der Waals surface area contributed by atoms with E-state index in [2.05, 4.69) is 5.32 Å². The zero-order chi connectivity index (χ0) is 10.7. The summed E-state index contributed by atoms with van der Waals surface area (Å²) in [6.45, 7) is 0.820. The molecule has 0 amide bonds. The van der Waals surface area contributed by atoms with Crippen LogP contribution in [0, 0.1) is 0 Å². The molecular weight excluding hydrogens is 188 g/mol. The number of nitrogens with one attached hydrogen (secondary N) is 1.